The summed E-state index contributed by atoms with van der Waals surface area (Å²) in [6, 6.07) is 7.65. The zero-order valence-corrected chi connectivity index (χ0v) is 19.7. The number of ether oxygens (including phenoxy) is 2. The Hall–Kier alpha value is -3.26. The van der Waals surface area contributed by atoms with E-state index in [1.54, 1.807) is 24.3 Å². The highest BCUT2D eigenvalue weighted by molar-refractivity contribution is 6.15. The summed E-state index contributed by atoms with van der Waals surface area (Å²) in [4.78, 5) is 30.0. The lowest BCUT2D eigenvalue weighted by Gasteiger charge is -2.29. The first-order valence-corrected chi connectivity index (χ1v) is 11.3. The van der Waals surface area contributed by atoms with Crippen LogP contribution in [0.2, 0.25) is 0 Å². The minimum absolute atomic E-state index is 0.00113. The van der Waals surface area contributed by atoms with Crippen molar-refractivity contribution in [3.8, 4) is 11.5 Å². The maximum Gasteiger partial charge on any atom is 0.290 e. The quantitative estimate of drug-likeness (QED) is 0.483. The molecule has 8 nitrogen and oxygen atoms in total. The van der Waals surface area contributed by atoms with Gasteiger partial charge in [-0.3, -0.25) is 9.59 Å². The molecule has 0 saturated carbocycles. The van der Waals surface area contributed by atoms with Crippen LogP contribution in [0.25, 0.3) is 0 Å². The molecule has 178 valence electrons. The number of likely N-dealkylation sites (N-methyl/N-ethyl adjacent to an activating group) is 1. The zero-order chi connectivity index (χ0) is 24.0. The van der Waals surface area contributed by atoms with E-state index in [-0.39, 0.29) is 11.3 Å². The lowest BCUT2D eigenvalue weighted by Crippen LogP contribution is -2.38. The average molecular weight is 457 g/mol. The van der Waals surface area contributed by atoms with Crippen LogP contribution in [-0.2, 0) is 4.79 Å². The fourth-order valence-corrected chi connectivity index (χ4v) is 3.98. The summed E-state index contributed by atoms with van der Waals surface area (Å²) in [5, 5.41) is 10.8. The Morgan fingerprint density at radius 1 is 1.18 bits per heavy atom. The van der Waals surface area contributed by atoms with Crippen LogP contribution in [-0.4, -0.2) is 66.5 Å². The van der Waals surface area contributed by atoms with Crippen LogP contribution < -0.4 is 9.47 Å². The number of rotatable bonds is 12. The number of carbonyl (C=O) groups is 2. The first kappa shape index (κ1) is 24.4. The van der Waals surface area contributed by atoms with Gasteiger partial charge in [0.15, 0.2) is 23.0 Å². The number of ketones is 1. The molecule has 0 aliphatic carbocycles. The van der Waals surface area contributed by atoms with Gasteiger partial charge < -0.3 is 28.8 Å². The largest absolute Gasteiger partial charge is 0.503 e. The number of aliphatic hydroxyl groups excluding tert-OH is 1. The number of hydrogen-bond acceptors (Lipinski definition) is 7. The molecule has 8 heteroatoms. The van der Waals surface area contributed by atoms with E-state index in [9.17, 15) is 14.7 Å². The molecule has 1 atom stereocenters. The number of hydrogen-bond donors (Lipinski definition) is 1. The van der Waals surface area contributed by atoms with E-state index in [0.717, 1.165) is 19.5 Å². The van der Waals surface area contributed by atoms with Crippen molar-refractivity contribution in [3.05, 3.63) is 59.3 Å². The van der Waals surface area contributed by atoms with Crippen LogP contribution in [0.5, 0.6) is 11.5 Å². The molecule has 1 aliphatic heterocycles. The van der Waals surface area contributed by atoms with E-state index in [4.69, 9.17) is 13.9 Å². The molecule has 1 unspecified atom stereocenters. The van der Waals surface area contributed by atoms with E-state index in [0.29, 0.717) is 36.8 Å². The highest BCUT2D eigenvalue weighted by Gasteiger charge is 2.44. The molecule has 0 spiro atoms. The van der Waals surface area contributed by atoms with Crippen LogP contribution in [0.4, 0.5) is 0 Å². The Kier molecular flexibility index (Phi) is 8.16. The summed E-state index contributed by atoms with van der Waals surface area (Å²) in [7, 11) is 1.54. The number of amides is 1. The topological polar surface area (TPSA) is 92.5 Å². The third-order valence-corrected chi connectivity index (χ3v) is 5.81. The van der Waals surface area contributed by atoms with Crippen LogP contribution in [0.3, 0.4) is 0 Å². The van der Waals surface area contributed by atoms with Crippen molar-refractivity contribution in [3.63, 3.8) is 0 Å². The number of Topliss-reactive ketones (excluding diaryl/α,β-unsaturated/α-hetero) is 1. The number of methoxy groups -OCH3 is 1. The van der Waals surface area contributed by atoms with Gasteiger partial charge in [0.25, 0.3) is 5.91 Å². The van der Waals surface area contributed by atoms with Gasteiger partial charge in [-0.25, -0.2) is 0 Å². The van der Waals surface area contributed by atoms with Gasteiger partial charge in [0.1, 0.15) is 0 Å². The van der Waals surface area contributed by atoms with Crippen LogP contribution in [0.1, 0.15) is 49.4 Å². The smallest absolute Gasteiger partial charge is 0.290 e. The van der Waals surface area contributed by atoms with Crippen molar-refractivity contribution < 1.29 is 28.6 Å². The van der Waals surface area contributed by atoms with E-state index in [1.807, 2.05) is 20.8 Å². The lowest BCUT2D eigenvalue weighted by atomic mass is 9.94. The Labute approximate surface area is 194 Å². The molecule has 1 aromatic carbocycles. The molecule has 0 bridgehead atoms. The monoisotopic (exact) mass is 456 g/mol. The average Bonchev–Trinajstić information content (AvgIpc) is 3.46. The second-order valence-electron chi connectivity index (χ2n) is 7.76. The maximum absolute atomic E-state index is 13.2. The minimum Gasteiger partial charge on any atom is -0.503 e. The fraction of sp³-hybridized carbons (Fsp3) is 0.440. The highest BCUT2D eigenvalue weighted by atomic mass is 16.5. The molecule has 33 heavy (non-hydrogen) atoms. The zero-order valence-electron chi connectivity index (χ0n) is 19.7. The third kappa shape index (κ3) is 5.06. The number of aliphatic hydroxyl groups is 1. The summed E-state index contributed by atoms with van der Waals surface area (Å²) in [5.41, 5.74) is 0.640. The summed E-state index contributed by atoms with van der Waals surface area (Å²) in [6.45, 7) is 9.27. The van der Waals surface area contributed by atoms with Gasteiger partial charge in [-0.05, 0) is 49.3 Å². The summed E-state index contributed by atoms with van der Waals surface area (Å²) in [5.74, 6) is -0.512. The van der Waals surface area contributed by atoms with Crippen molar-refractivity contribution >= 4 is 11.7 Å². The van der Waals surface area contributed by atoms with Gasteiger partial charge in [0, 0.05) is 13.1 Å². The predicted octanol–water partition coefficient (Wildman–Crippen LogP) is 4.00. The molecule has 1 N–H and O–H groups in total. The summed E-state index contributed by atoms with van der Waals surface area (Å²) < 4.78 is 16.5. The van der Waals surface area contributed by atoms with Gasteiger partial charge >= 0.3 is 0 Å². The van der Waals surface area contributed by atoms with E-state index in [2.05, 4.69) is 4.90 Å². The lowest BCUT2D eigenvalue weighted by molar-refractivity contribution is -0.129. The maximum atomic E-state index is 13.2. The van der Waals surface area contributed by atoms with Crippen molar-refractivity contribution in [2.45, 2.75) is 33.2 Å². The molecule has 1 aliphatic rings. The summed E-state index contributed by atoms with van der Waals surface area (Å²) >= 11 is 0. The molecular weight excluding hydrogens is 424 g/mol. The van der Waals surface area contributed by atoms with Crippen molar-refractivity contribution in [2.24, 2.45) is 0 Å². The van der Waals surface area contributed by atoms with Gasteiger partial charge in [0.2, 0.25) is 5.78 Å². The number of furan rings is 1. The molecule has 0 fully saturated rings. The second-order valence-corrected chi connectivity index (χ2v) is 7.76. The van der Waals surface area contributed by atoms with E-state index >= 15 is 0 Å². The first-order valence-electron chi connectivity index (χ1n) is 11.3. The molecule has 1 aromatic heterocycles. The Balaban J connectivity index is 2.04. The SMILES string of the molecule is CCCOc1ccc(C2C(C(=O)c3ccco3)=C(O)C(=O)N2CCN(CC)CC)cc1OC. The van der Waals surface area contributed by atoms with Gasteiger partial charge in [-0.1, -0.05) is 26.8 Å². The second kappa shape index (κ2) is 11.0. The fourth-order valence-electron chi connectivity index (χ4n) is 3.98. The highest BCUT2D eigenvalue weighted by Crippen LogP contribution is 2.41. The van der Waals surface area contributed by atoms with Gasteiger partial charge in [-0.15, -0.1) is 0 Å². The molecular formula is C25H32N2O6. The predicted molar refractivity (Wildman–Crippen MR) is 124 cm³/mol. The standard InChI is InChI=1S/C25H32N2O6/c1-5-14-32-18-11-10-17(16-20(18)31-4)22-21(23(28)19-9-8-15-33-19)24(29)25(30)27(22)13-12-26(6-2)7-3/h8-11,15-16,22,29H,5-7,12-14H2,1-4H3. The minimum atomic E-state index is -0.778. The summed E-state index contributed by atoms with van der Waals surface area (Å²) in [6.07, 6.45) is 2.23. The van der Waals surface area contributed by atoms with Gasteiger partial charge in [0.05, 0.1) is 31.6 Å². The third-order valence-electron chi connectivity index (χ3n) is 5.81. The number of nitrogens with zero attached hydrogens (tertiary/aromatic N) is 2. The normalized spacial score (nSPS) is 16.1. The molecule has 2 aromatic rings. The molecule has 0 saturated heterocycles. The van der Waals surface area contributed by atoms with E-state index < -0.39 is 23.5 Å². The molecule has 1 amide bonds. The molecule has 2 heterocycles. The molecule has 0 radical (unpaired) electrons. The number of benzene rings is 1. The Morgan fingerprint density at radius 2 is 1.94 bits per heavy atom. The van der Waals surface area contributed by atoms with Gasteiger partial charge in [-0.2, -0.15) is 0 Å². The first-order chi connectivity index (χ1) is 16.0. The van der Waals surface area contributed by atoms with Crippen LogP contribution in [0.15, 0.2) is 52.3 Å². The van der Waals surface area contributed by atoms with Crippen molar-refractivity contribution in [2.75, 3.05) is 39.9 Å². The van der Waals surface area contributed by atoms with Crippen molar-refractivity contribution in [1.82, 2.24) is 9.80 Å². The Bertz CT molecular complexity index is 994. The van der Waals surface area contributed by atoms with Crippen LogP contribution in [0, 0.1) is 0 Å². The van der Waals surface area contributed by atoms with E-state index in [1.165, 1.54) is 24.3 Å². The van der Waals surface area contributed by atoms with Crippen LogP contribution >= 0.6 is 0 Å². The van der Waals surface area contributed by atoms with Crippen molar-refractivity contribution in [1.29, 1.82) is 0 Å². The number of carbonyl (C=O) groups excluding carboxylic acids is 2. The molecule has 3 rings (SSSR count). The Morgan fingerprint density at radius 3 is 2.55 bits per heavy atom.